The first-order valence-corrected chi connectivity index (χ1v) is 4.75. The van der Waals surface area contributed by atoms with Gasteiger partial charge < -0.3 is 5.73 Å². The smallest absolute Gasteiger partial charge is 0.163 e. The van der Waals surface area contributed by atoms with E-state index in [0.717, 1.165) is 6.26 Å². The van der Waals surface area contributed by atoms with Gasteiger partial charge in [0.05, 0.1) is 0 Å². The van der Waals surface area contributed by atoms with Crippen molar-refractivity contribution in [3.63, 3.8) is 0 Å². The van der Waals surface area contributed by atoms with Crippen LogP contribution < -0.4 is 5.73 Å². The van der Waals surface area contributed by atoms with Gasteiger partial charge in [0.15, 0.2) is 9.84 Å². The number of sulfone groups is 1. The van der Waals surface area contributed by atoms with Crippen LogP contribution in [0.4, 0.5) is 0 Å². The molecule has 64 valence electrons. The van der Waals surface area contributed by atoms with E-state index in [2.05, 4.69) is 0 Å². The molecule has 0 aliphatic rings. The Hall–Kier alpha value is 0.200. The Morgan fingerprint density at radius 3 is 1.60 bits per heavy atom. The average Bonchev–Trinajstić information content (AvgIpc) is 1.62. The van der Waals surface area contributed by atoms with Crippen LogP contribution in [0.25, 0.3) is 0 Å². The zero-order chi connectivity index (χ0) is 7.65. The van der Waals surface area contributed by atoms with Crippen LogP contribution in [0.15, 0.2) is 0 Å². The highest BCUT2D eigenvalue weighted by atomic mass is 35.5. The lowest BCUT2D eigenvalue weighted by atomic mass is 10.2. The molecule has 0 aromatic carbocycles. The third kappa shape index (κ3) is 4.09. The summed E-state index contributed by atoms with van der Waals surface area (Å²) in [6.07, 6.45) is 1.15. The first-order chi connectivity index (χ1) is 3.85. The number of hydrogen-bond donors (Lipinski definition) is 1. The van der Waals surface area contributed by atoms with Gasteiger partial charge in [0.2, 0.25) is 0 Å². The Morgan fingerprint density at radius 2 is 1.60 bits per heavy atom. The fraction of sp³-hybridized carbons (Fsp3) is 1.00. The molecule has 0 aliphatic heterocycles. The van der Waals surface area contributed by atoms with Crippen molar-refractivity contribution in [2.75, 3.05) is 6.26 Å². The van der Waals surface area contributed by atoms with Crippen LogP contribution in [0.2, 0.25) is 0 Å². The molecule has 10 heavy (non-hydrogen) atoms. The molecule has 0 spiro atoms. The minimum atomic E-state index is -3.02. The highest BCUT2D eigenvalue weighted by Gasteiger charge is 2.18. The Labute approximate surface area is 68.3 Å². The van der Waals surface area contributed by atoms with Crippen LogP contribution in [0.5, 0.6) is 0 Å². The van der Waals surface area contributed by atoms with E-state index in [0.29, 0.717) is 0 Å². The molecule has 2 N–H and O–H groups in total. The van der Waals surface area contributed by atoms with Gasteiger partial charge in [-0.25, -0.2) is 8.42 Å². The zero-order valence-corrected chi connectivity index (χ0v) is 8.00. The molecule has 0 amide bonds. The lowest BCUT2D eigenvalue weighted by Gasteiger charge is -2.11. The molecule has 0 heterocycles. The third-order valence-electron chi connectivity index (χ3n) is 1.15. The van der Waals surface area contributed by atoms with Crippen molar-refractivity contribution >= 4 is 22.2 Å². The largest absolute Gasteiger partial charge is 0.315 e. The highest BCUT2D eigenvalue weighted by Crippen LogP contribution is 2.03. The molecule has 0 rings (SSSR count). The number of nitrogens with two attached hydrogens (primary N) is 1. The lowest BCUT2D eigenvalue weighted by molar-refractivity contribution is 0.542. The maximum Gasteiger partial charge on any atom is 0.163 e. The Bertz CT molecular complexity index is 176. The van der Waals surface area contributed by atoms with Gasteiger partial charge >= 0.3 is 0 Å². The molecule has 5 heteroatoms. The SMILES string of the molecule is CC(C)C(N)S(C)(=O)=O.Cl. The summed E-state index contributed by atoms with van der Waals surface area (Å²) in [6.45, 7) is 3.57. The molecule has 0 saturated carbocycles. The molecule has 0 fully saturated rings. The summed E-state index contributed by atoms with van der Waals surface area (Å²) in [5, 5.41) is -0.711. The van der Waals surface area contributed by atoms with Crippen LogP contribution >= 0.6 is 12.4 Å². The molecular weight excluding hydrogens is 174 g/mol. The average molecular weight is 188 g/mol. The van der Waals surface area contributed by atoms with E-state index in [9.17, 15) is 8.42 Å². The van der Waals surface area contributed by atoms with Gasteiger partial charge in [-0.2, -0.15) is 0 Å². The predicted molar refractivity (Wildman–Crippen MR) is 44.9 cm³/mol. The van der Waals surface area contributed by atoms with E-state index in [1.165, 1.54) is 0 Å². The molecule has 0 bridgehead atoms. The second kappa shape index (κ2) is 4.16. The molecule has 0 aliphatic carbocycles. The van der Waals surface area contributed by atoms with Gasteiger partial charge in [-0.15, -0.1) is 12.4 Å². The monoisotopic (exact) mass is 187 g/mol. The van der Waals surface area contributed by atoms with Crippen LogP contribution in [0.3, 0.4) is 0 Å². The molecule has 1 atom stereocenters. The van der Waals surface area contributed by atoms with Gasteiger partial charge in [0, 0.05) is 6.26 Å². The number of hydrogen-bond acceptors (Lipinski definition) is 3. The van der Waals surface area contributed by atoms with Crippen LogP contribution in [-0.2, 0) is 9.84 Å². The summed E-state index contributed by atoms with van der Waals surface area (Å²) in [5.74, 6) is -0.000000000000000222. The molecule has 0 saturated heterocycles. The lowest BCUT2D eigenvalue weighted by Crippen LogP contribution is -2.34. The minimum absolute atomic E-state index is 0. The first-order valence-electron chi connectivity index (χ1n) is 2.80. The normalized spacial score (nSPS) is 14.5. The highest BCUT2D eigenvalue weighted by molar-refractivity contribution is 7.91. The van der Waals surface area contributed by atoms with E-state index in [1.807, 2.05) is 0 Å². The zero-order valence-electron chi connectivity index (χ0n) is 6.37. The molecule has 3 nitrogen and oxygen atoms in total. The van der Waals surface area contributed by atoms with E-state index < -0.39 is 15.2 Å². The fourth-order valence-electron chi connectivity index (χ4n) is 0.494. The van der Waals surface area contributed by atoms with Gasteiger partial charge in [-0.3, -0.25) is 0 Å². The van der Waals surface area contributed by atoms with Crippen LogP contribution in [0, 0.1) is 5.92 Å². The molecule has 0 aromatic heterocycles. The fourth-order valence-corrected chi connectivity index (χ4v) is 1.48. The molecule has 0 aromatic rings. The first kappa shape index (κ1) is 12.8. The van der Waals surface area contributed by atoms with E-state index in [-0.39, 0.29) is 18.3 Å². The minimum Gasteiger partial charge on any atom is -0.315 e. The predicted octanol–water partition coefficient (Wildman–Crippen LogP) is 0.394. The van der Waals surface area contributed by atoms with E-state index in [1.54, 1.807) is 13.8 Å². The summed E-state index contributed by atoms with van der Waals surface area (Å²) < 4.78 is 21.3. The molecule has 1 unspecified atom stereocenters. The maximum absolute atomic E-state index is 10.6. The summed E-state index contributed by atoms with van der Waals surface area (Å²) in [4.78, 5) is 0. The summed E-state index contributed by atoms with van der Waals surface area (Å²) in [6, 6.07) is 0. The third-order valence-corrected chi connectivity index (χ3v) is 2.68. The quantitative estimate of drug-likeness (QED) is 0.681. The van der Waals surface area contributed by atoms with Crippen LogP contribution in [0.1, 0.15) is 13.8 Å². The summed E-state index contributed by atoms with van der Waals surface area (Å²) in [5.41, 5.74) is 5.31. The van der Waals surface area contributed by atoms with Crippen molar-refractivity contribution < 1.29 is 8.42 Å². The van der Waals surface area contributed by atoms with Crippen molar-refractivity contribution in [3.05, 3.63) is 0 Å². The Balaban J connectivity index is 0. The molecular formula is C5H14ClNO2S. The molecule has 0 radical (unpaired) electrons. The second-order valence-electron chi connectivity index (χ2n) is 2.54. The Kier molecular flexibility index (Phi) is 5.34. The van der Waals surface area contributed by atoms with Crippen molar-refractivity contribution in [1.29, 1.82) is 0 Å². The van der Waals surface area contributed by atoms with E-state index >= 15 is 0 Å². The van der Waals surface area contributed by atoms with Gasteiger partial charge in [0.25, 0.3) is 0 Å². The maximum atomic E-state index is 10.6. The van der Waals surface area contributed by atoms with Gasteiger partial charge in [-0.05, 0) is 5.92 Å². The summed E-state index contributed by atoms with van der Waals surface area (Å²) >= 11 is 0. The number of rotatable bonds is 2. The van der Waals surface area contributed by atoms with Crippen molar-refractivity contribution in [3.8, 4) is 0 Å². The topological polar surface area (TPSA) is 60.2 Å². The Morgan fingerprint density at radius 1 is 1.30 bits per heavy atom. The van der Waals surface area contributed by atoms with Crippen molar-refractivity contribution in [2.45, 2.75) is 19.2 Å². The van der Waals surface area contributed by atoms with E-state index in [4.69, 9.17) is 5.73 Å². The van der Waals surface area contributed by atoms with Crippen molar-refractivity contribution in [1.82, 2.24) is 0 Å². The second-order valence-corrected chi connectivity index (χ2v) is 4.74. The van der Waals surface area contributed by atoms with Gasteiger partial charge in [-0.1, -0.05) is 13.8 Å². The summed E-state index contributed by atoms with van der Waals surface area (Å²) in [7, 11) is -3.02. The van der Waals surface area contributed by atoms with Crippen LogP contribution in [-0.4, -0.2) is 20.0 Å². The standard InChI is InChI=1S/C5H13NO2S.ClH/c1-4(2)5(6)9(3,7)8;/h4-5H,6H2,1-3H3;1H. The van der Waals surface area contributed by atoms with Crippen molar-refractivity contribution in [2.24, 2.45) is 11.7 Å². The number of halogens is 1. The van der Waals surface area contributed by atoms with Gasteiger partial charge in [0.1, 0.15) is 5.37 Å².